The number of rotatable bonds is 4. The number of nitrogens with one attached hydrogen (secondary N) is 3. The van der Waals surface area contributed by atoms with Crippen LogP contribution in [0.5, 0.6) is 0 Å². The SMILES string of the molecule is CC(C)(C)OC(=O)N1CCCS[C@H]1c1nc2ccc(-c3ccc(-c4ccc5nc([C@@H]6CCCN6)[nH]c5c4)cc3)cc2[nH]1. The van der Waals surface area contributed by atoms with Gasteiger partial charge in [-0.2, -0.15) is 0 Å². The molecule has 42 heavy (non-hydrogen) atoms. The fourth-order valence-electron chi connectivity index (χ4n) is 5.84. The van der Waals surface area contributed by atoms with Crippen molar-refractivity contribution in [2.75, 3.05) is 18.8 Å². The van der Waals surface area contributed by atoms with Crippen molar-refractivity contribution in [3.63, 3.8) is 0 Å². The Kier molecular flexibility index (Phi) is 6.94. The summed E-state index contributed by atoms with van der Waals surface area (Å²) in [5, 5.41) is 3.33. The Balaban J connectivity index is 1.11. The third-order valence-corrected chi connectivity index (χ3v) is 9.22. The zero-order valence-electron chi connectivity index (χ0n) is 24.2. The molecule has 0 unspecified atom stereocenters. The fraction of sp³-hybridized carbons (Fsp3) is 0.364. The monoisotopic (exact) mass is 580 g/mol. The quantitative estimate of drug-likeness (QED) is 0.203. The fourth-order valence-corrected chi connectivity index (χ4v) is 7.00. The number of nitrogens with zero attached hydrogens (tertiary/aromatic N) is 3. The lowest BCUT2D eigenvalue weighted by Crippen LogP contribution is -2.41. The molecule has 9 heteroatoms. The number of carbonyl (C=O) groups is 1. The average molecular weight is 581 g/mol. The number of benzene rings is 3. The molecule has 4 heterocycles. The number of amides is 1. The van der Waals surface area contributed by atoms with Crippen molar-refractivity contribution >= 4 is 39.9 Å². The van der Waals surface area contributed by atoms with E-state index < -0.39 is 5.60 Å². The van der Waals surface area contributed by atoms with E-state index in [0.717, 1.165) is 81.1 Å². The molecule has 1 amide bonds. The maximum atomic E-state index is 12.9. The van der Waals surface area contributed by atoms with Crippen molar-refractivity contribution in [1.29, 1.82) is 0 Å². The van der Waals surface area contributed by atoms with E-state index in [1.54, 1.807) is 16.7 Å². The van der Waals surface area contributed by atoms with Gasteiger partial charge in [-0.05, 0) is 98.9 Å². The van der Waals surface area contributed by atoms with E-state index in [4.69, 9.17) is 14.7 Å². The largest absolute Gasteiger partial charge is 0.444 e. The van der Waals surface area contributed by atoms with Gasteiger partial charge >= 0.3 is 6.09 Å². The molecule has 7 rings (SSSR count). The first-order chi connectivity index (χ1) is 20.3. The molecule has 5 aromatic rings. The maximum absolute atomic E-state index is 12.9. The van der Waals surface area contributed by atoms with Crippen LogP contribution in [0.4, 0.5) is 4.79 Å². The van der Waals surface area contributed by atoms with Gasteiger partial charge in [0.05, 0.1) is 28.1 Å². The van der Waals surface area contributed by atoms with E-state index in [1.165, 1.54) is 6.42 Å². The summed E-state index contributed by atoms with van der Waals surface area (Å²) in [6.45, 7) is 7.41. The Labute approximate surface area is 249 Å². The van der Waals surface area contributed by atoms with E-state index in [2.05, 4.69) is 69.9 Å². The van der Waals surface area contributed by atoms with Crippen LogP contribution in [0.3, 0.4) is 0 Å². The van der Waals surface area contributed by atoms with Crippen LogP contribution >= 0.6 is 11.8 Å². The van der Waals surface area contributed by atoms with Crippen LogP contribution in [0, 0.1) is 0 Å². The van der Waals surface area contributed by atoms with E-state index in [-0.39, 0.29) is 11.5 Å². The number of imidazole rings is 2. The molecule has 0 radical (unpaired) electrons. The lowest BCUT2D eigenvalue weighted by Gasteiger charge is -2.35. The van der Waals surface area contributed by atoms with Gasteiger partial charge in [-0.15, -0.1) is 11.8 Å². The normalized spacial score (nSPS) is 19.5. The van der Waals surface area contributed by atoms with Crippen molar-refractivity contribution in [2.24, 2.45) is 0 Å². The minimum absolute atomic E-state index is 0.193. The summed E-state index contributed by atoms with van der Waals surface area (Å²) in [5.41, 5.74) is 7.96. The Morgan fingerprint density at radius 2 is 1.45 bits per heavy atom. The number of hydrogen-bond donors (Lipinski definition) is 3. The van der Waals surface area contributed by atoms with Crippen LogP contribution in [-0.2, 0) is 4.74 Å². The Bertz CT molecular complexity index is 1750. The molecule has 2 fully saturated rings. The zero-order valence-corrected chi connectivity index (χ0v) is 25.1. The van der Waals surface area contributed by atoms with Gasteiger partial charge in [0, 0.05) is 6.54 Å². The smallest absolute Gasteiger partial charge is 0.411 e. The predicted molar refractivity (Wildman–Crippen MR) is 169 cm³/mol. The second kappa shape index (κ2) is 10.8. The van der Waals surface area contributed by atoms with Crippen LogP contribution in [0.1, 0.15) is 63.1 Å². The predicted octanol–water partition coefficient (Wildman–Crippen LogP) is 7.57. The highest BCUT2D eigenvalue weighted by atomic mass is 32.2. The first kappa shape index (κ1) is 27.0. The van der Waals surface area contributed by atoms with Crippen LogP contribution in [0.15, 0.2) is 60.7 Å². The Hall–Kier alpha value is -3.82. The lowest BCUT2D eigenvalue weighted by molar-refractivity contribution is 0.0215. The summed E-state index contributed by atoms with van der Waals surface area (Å²) in [7, 11) is 0. The number of ether oxygens (including phenoxy) is 1. The zero-order chi connectivity index (χ0) is 28.8. The highest BCUT2D eigenvalue weighted by Gasteiger charge is 2.34. The summed E-state index contributed by atoms with van der Waals surface area (Å²) < 4.78 is 5.69. The van der Waals surface area contributed by atoms with Crippen molar-refractivity contribution in [2.45, 2.75) is 57.1 Å². The molecule has 2 aliphatic heterocycles. The summed E-state index contributed by atoms with van der Waals surface area (Å²) in [5.74, 6) is 2.80. The van der Waals surface area contributed by atoms with Crippen LogP contribution in [-0.4, -0.2) is 55.4 Å². The highest BCUT2D eigenvalue weighted by molar-refractivity contribution is 7.99. The average Bonchev–Trinajstić information content (AvgIpc) is 3.75. The van der Waals surface area contributed by atoms with Gasteiger partial charge in [0.15, 0.2) is 0 Å². The first-order valence-corrected chi connectivity index (χ1v) is 15.8. The molecule has 3 N–H and O–H groups in total. The molecule has 0 saturated carbocycles. The van der Waals surface area contributed by atoms with Gasteiger partial charge in [-0.1, -0.05) is 36.4 Å². The maximum Gasteiger partial charge on any atom is 0.411 e. The minimum atomic E-state index is -0.538. The molecule has 3 aromatic carbocycles. The topological polar surface area (TPSA) is 98.9 Å². The molecule has 0 aliphatic carbocycles. The molecule has 8 nitrogen and oxygen atoms in total. The summed E-state index contributed by atoms with van der Waals surface area (Å²) in [6, 6.07) is 21.7. The third kappa shape index (κ3) is 5.39. The number of aromatic nitrogens is 4. The van der Waals surface area contributed by atoms with E-state index in [9.17, 15) is 4.79 Å². The van der Waals surface area contributed by atoms with Crippen molar-refractivity contribution in [1.82, 2.24) is 30.2 Å². The number of H-pyrrole nitrogens is 2. The highest BCUT2D eigenvalue weighted by Crippen LogP contribution is 2.38. The summed E-state index contributed by atoms with van der Waals surface area (Å²) in [6.07, 6.45) is 2.97. The van der Waals surface area contributed by atoms with Gasteiger partial charge in [0.2, 0.25) is 0 Å². The molecular formula is C33H36N6O2S. The van der Waals surface area contributed by atoms with Gasteiger partial charge in [-0.3, -0.25) is 4.90 Å². The molecule has 2 saturated heterocycles. The summed E-state index contributed by atoms with van der Waals surface area (Å²) in [4.78, 5) is 31.5. The van der Waals surface area contributed by atoms with Gasteiger partial charge in [-0.25, -0.2) is 14.8 Å². The molecule has 0 spiro atoms. The van der Waals surface area contributed by atoms with E-state index in [1.807, 2.05) is 26.8 Å². The number of aromatic amines is 2. The molecule has 2 aliphatic rings. The second-order valence-electron chi connectivity index (χ2n) is 12.2. The van der Waals surface area contributed by atoms with Crippen LogP contribution < -0.4 is 5.32 Å². The van der Waals surface area contributed by atoms with Crippen molar-refractivity contribution in [3.8, 4) is 22.3 Å². The second-order valence-corrected chi connectivity index (χ2v) is 13.4. The summed E-state index contributed by atoms with van der Waals surface area (Å²) >= 11 is 1.72. The third-order valence-electron chi connectivity index (χ3n) is 7.91. The van der Waals surface area contributed by atoms with E-state index >= 15 is 0 Å². The minimum Gasteiger partial charge on any atom is -0.444 e. The first-order valence-electron chi connectivity index (χ1n) is 14.8. The number of hydrogen-bond acceptors (Lipinski definition) is 6. The molecule has 2 aromatic heterocycles. The number of thioether (sulfide) groups is 1. The van der Waals surface area contributed by atoms with Crippen molar-refractivity contribution < 1.29 is 9.53 Å². The van der Waals surface area contributed by atoms with Gasteiger partial charge < -0.3 is 20.0 Å². The molecule has 2 atom stereocenters. The van der Waals surface area contributed by atoms with Crippen molar-refractivity contribution in [3.05, 3.63) is 72.3 Å². The van der Waals surface area contributed by atoms with Gasteiger partial charge in [0.25, 0.3) is 0 Å². The Morgan fingerprint density at radius 1 is 0.857 bits per heavy atom. The van der Waals surface area contributed by atoms with Crippen LogP contribution in [0.25, 0.3) is 44.3 Å². The lowest BCUT2D eigenvalue weighted by atomic mass is 10.00. The number of carbonyl (C=O) groups excluding carboxylic acids is 1. The standard InChI is InChI=1S/C33H36N6O2S/c1-33(2,3)41-32(40)39-16-5-17-42-31(39)30-36-25-14-12-23(19-28(25)38-30)21-9-7-20(8-10-21)22-11-13-24-27(18-22)37-29(35-24)26-6-4-15-34-26/h7-14,18-19,26,31,34H,4-6,15-17H2,1-3H3,(H,35,37)(H,36,38)/t26-,31-/m0/s1. The Morgan fingerprint density at radius 3 is 2.05 bits per heavy atom. The van der Waals surface area contributed by atoms with Gasteiger partial charge in [0.1, 0.15) is 22.6 Å². The van der Waals surface area contributed by atoms with Crippen LogP contribution in [0.2, 0.25) is 0 Å². The molecular weight excluding hydrogens is 544 g/mol. The van der Waals surface area contributed by atoms with E-state index in [0.29, 0.717) is 12.6 Å². The number of fused-ring (bicyclic) bond motifs is 2. The molecule has 216 valence electrons. The molecule has 0 bridgehead atoms.